The van der Waals surface area contributed by atoms with Crippen molar-refractivity contribution in [3.63, 3.8) is 0 Å². The van der Waals surface area contributed by atoms with Crippen LogP contribution in [0, 0.1) is 5.92 Å². The third kappa shape index (κ3) is 10.2. The molecule has 2 aromatic rings. The summed E-state index contributed by atoms with van der Waals surface area (Å²) in [5, 5.41) is 13.1. The Morgan fingerprint density at radius 2 is 1.83 bits per heavy atom. The summed E-state index contributed by atoms with van der Waals surface area (Å²) in [6.07, 6.45) is 1.69. The van der Waals surface area contributed by atoms with Gasteiger partial charge in [0.15, 0.2) is 0 Å². The Labute approximate surface area is 273 Å². The number of sulfonamides is 1. The molecule has 3 amide bonds. The lowest BCUT2D eigenvalue weighted by Gasteiger charge is -2.36. The highest BCUT2D eigenvalue weighted by Gasteiger charge is 2.31. The van der Waals surface area contributed by atoms with Gasteiger partial charge in [0.05, 0.1) is 42.4 Å². The fourth-order valence-electron chi connectivity index (χ4n) is 5.13. The summed E-state index contributed by atoms with van der Waals surface area (Å²) in [7, 11) is -0.777. The molecule has 46 heavy (non-hydrogen) atoms. The first kappa shape index (κ1) is 36.9. The monoisotopic (exact) mass is 662 g/mol. The molecule has 0 aliphatic carbocycles. The number of urea groups is 1. The zero-order valence-corrected chi connectivity index (χ0v) is 28.8. The number of ether oxygens (including phenoxy) is 3. The van der Waals surface area contributed by atoms with E-state index in [1.165, 1.54) is 25.3 Å². The van der Waals surface area contributed by atoms with Crippen molar-refractivity contribution in [1.29, 1.82) is 0 Å². The van der Waals surface area contributed by atoms with Gasteiger partial charge in [-0.05, 0) is 89.4 Å². The smallest absolute Gasteiger partial charge is 0.317 e. The molecular weight excluding hydrogens is 612 g/mol. The van der Waals surface area contributed by atoms with Crippen LogP contribution >= 0.6 is 0 Å². The molecular formula is C33H50N4O8S. The predicted molar refractivity (Wildman–Crippen MR) is 177 cm³/mol. The number of fused-ring (bicyclic) bond motifs is 1. The molecule has 3 N–H and O–H groups in total. The summed E-state index contributed by atoms with van der Waals surface area (Å²) < 4.78 is 46.7. The van der Waals surface area contributed by atoms with Crippen molar-refractivity contribution in [2.24, 2.45) is 5.92 Å². The SMILES string of the molecule is COc1ccc(S(=O)(=O)Nc2ccc3c(c2)C(=O)N([C@@H](C)CO)C[C@@H](C)[C@@H](CN(C)C(=O)NC(C)C)OCCCC[C@H](C)O3)cc1. The topological polar surface area (TPSA) is 147 Å². The van der Waals surface area contributed by atoms with Gasteiger partial charge in [0, 0.05) is 44.4 Å². The van der Waals surface area contributed by atoms with Crippen molar-refractivity contribution in [3.05, 3.63) is 48.0 Å². The van der Waals surface area contributed by atoms with Gasteiger partial charge in [-0.2, -0.15) is 0 Å². The van der Waals surface area contributed by atoms with Crippen molar-refractivity contribution in [3.8, 4) is 11.5 Å². The number of methoxy groups -OCH3 is 1. The maximum Gasteiger partial charge on any atom is 0.317 e. The van der Waals surface area contributed by atoms with E-state index in [0.717, 1.165) is 12.8 Å². The first-order valence-corrected chi connectivity index (χ1v) is 17.3. The van der Waals surface area contributed by atoms with E-state index in [4.69, 9.17) is 14.2 Å². The van der Waals surface area contributed by atoms with Crippen LogP contribution in [-0.4, -0.2) is 100 Å². The molecule has 0 fully saturated rings. The Balaban J connectivity index is 1.98. The second-order valence-corrected chi connectivity index (χ2v) is 14.0. The molecule has 0 unspecified atom stereocenters. The number of carbonyl (C=O) groups excluding carboxylic acids is 2. The molecule has 0 spiro atoms. The molecule has 1 heterocycles. The molecule has 1 aliphatic heterocycles. The molecule has 0 radical (unpaired) electrons. The van der Waals surface area contributed by atoms with E-state index in [0.29, 0.717) is 31.1 Å². The predicted octanol–water partition coefficient (Wildman–Crippen LogP) is 4.34. The van der Waals surface area contributed by atoms with Crippen LogP contribution in [0.3, 0.4) is 0 Å². The summed E-state index contributed by atoms with van der Waals surface area (Å²) >= 11 is 0. The first-order chi connectivity index (χ1) is 21.7. The number of rotatable bonds is 9. The maximum atomic E-state index is 14.3. The molecule has 12 nitrogen and oxygen atoms in total. The number of nitrogens with zero attached hydrogens (tertiary/aromatic N) is 2. The zero-order chi connectivity index (χ0) is 34.0. The molecule has 0 saturated carbocycles. The Morgan fingerprint density at radius 1 is 1.13 bits per heavy atom. The maximum absolute atomic E-state index is 14.3. The van der Waals surface area contributed by atoms with Gasteiger partial charge in [0.1, 0.15) is 11.5 Å². The number of likely N-dealkylation sites (N-methyl/N-ethyl adjacent to an activating group) is 1. The minimum absolute atomic E-state index is 0.0225. The van der Waals surface area contributed by atoms with Crippen LogP contribution in [0.4, 0.5) is 10.5 Å². The van der Waals surface area contributed by atoms with E-state index in [9.17, 15) is 23.1 Å². The van der Waals surface area contributed by atoms with Gasteiger partial charge in [0.25, 0.3) is 15.9 Å². The quantitative estimate of drug-likeness (QED) is 0.360. The van der Waals surface area contributed by atoms with E-state index in [-0.39, 0.29) is 59.5 Å². The molecule has 0 bridgehead atoms. The normalized spacial score (nSPS) is 20.6. The van der Waals surface area contributed by atoms with E-state index in [2.05, 4.69) is 10.0 Å². The van der Waals surface area contributed by atoms with Crippen molar-refractivity contribution in [1.82, 2.24) is 15.1 Å². The number of nitrogens with one attached hydrogen (secondary N) is 2. The number of aliphatic hydroxyl groups excluding tert-OH is 1. The number of carbonyl (C=O) groups is 2. The van der Waals surface area contributed by atoms with Crippen LogP contribution in [-0.2, 0) is 14.8 Å². The Bertz CT molecular complexity index is 1400. The second kappa shape index (κ2) is 16.8. The number of anilines is 1. The minimum atomic E-state index is -3.98. The Morgan fingerprint density at radius 3 is 2.46 bits per heavy atom. The van der Waals surface area contributed by atoms with E-state index in [1.54, 1.807) is 48.0 Å². The molecule has 0 saturated heterocycles. The number of aliphatic hydroxyl groups is 1. The lowest BCUT2D eigenvalue weighted by atomic mass is 10.0. The van der Waals surface area contributed by atoms with Crippen LogP contribution in [0.15, 0.2) is 47.4 Å². The molecule has 0 aromatic heterocycles. The molecule has 13 heteroatoms. The number of benzene rings is 2. The molecule has 4 atom stereocenters. The lowest BCUT2D eigenvalue weighted by Crippen LogP contribution is -2.49. The highest BCUT2D eigenvalue weighted by molar-refractivity contribution is 7.92. The van der Waals surface area contributed by atoms with Crippen LogP contribution in [0.1, 0.15) is 64.2 Å². The highest BCUT2D eigenvalue weighted by Crippen LogP contribution is 2.30. The van der Waals surface area contributed by atoms with Crippen LogP contribution in [0.25, 0.3) is 0 Å². The van der Waals surface area contributed by atoms with Gasteiger partial charge in [-0.3, -0.25) is 9.52 Å². The van der Waals surface area contributed by atoms with E-state index in [1.807, 2.05) is 27.7 Å². The van der Waals surface area contributed by atoms with Crippen molar-refractivity contribution in [2.75, 3.05) is 45.2 Å². The average molecular weight is 663 g/mol. The summed E-state index contributed by atoms with van der Waals surface area (Å²) in [6, 6.07) is 9.79. The van der Waals surface area contributed by atoms with Gasteiger partial charge in [-0.15, -0.1) is 0 Å². The average Bonchev–Trinajstić information content (AvgIpc) is 3.01. The third-order valence-electron chi connectivity index (χ3n) is 7.89. The van der Waals surface area contributed by atoms with Gasteiger partial charge >= 0.3 is 6.03 Å². The highest BCUT2D eigenvalue weighted by atomic mass is 32.2. The standard InChI is InChI=1S/C33H50N4O8S/c1-22(2)34-33(40)36(6)20-31-23(3)19-37(24(4)21-38)32(39)29-18-26(11-16-30(29)45-25(5)10-8-9-17-44-31)35-46(41,42)28-14-12-27(43-7)13-15-28/h11-16,18,22-25,31,35,38H,8-10,17,19-21H2,1-7H3,(H,34,40)/t23-,24+,25+,31-/m1/s1. The van der Waals surface area contributed by atoms with Gasteiger partial charge < -0.3 is 34.4 Å². The van der Waals surface area contributed by atoms with Crippen LogP contribution < -0.4 is 19.5 Å². The minimum Gasteiger partial charge on any atom is -0.497 e. The summed E-state index contributed by atoms with van der Waals surface area (Å²) in [6.45, 7) is 10.1. The summed E-state index contributed by atoms with van der Waals surface area (Å²) in [4.78, 5) is 30.2. The van der Waals surface area contributed by atoms with Gasteiger partial charge in [0.2, 0.25) is 0 Å². The largest absolute Gasteiger partial charge is 0.497 e. The summed E-state index contributed by atoms with van der Waals surface area (Å²) in [5.74, 6) is 0.188. The van der Waals surface area contributed by atoms with Gasteiger partial charge in [-0.1, -0.05) is 6.92 Å². The van der Waals surface area contributed by atoms with Crippen molar-refractivity contribution < 1.29 is 37.3 Å². The van der Waals surface area contributed by atoms with Crippen molar-refractivity contribution >= 4 is 27.6 Å². The zero-order valence-electron chi connectivity index (χ0n) is 28.0. The molecule has 2 aromatic carbocycles. The summed E-state index contributed by atoms with van der Waals surface area (Å²) in [5.41, 5.74) is 0.348. The van der Waals surface area contributed by atoms with Crippen LogP contribution in [0.5, 0.6) is 11.5 Å². The van der Waals surface area contributed by atoms with Crippen LogP contribution in [0.2, 0.25) is 0 Å². The van der Waals surface area contributed by atoms with E-state index < -0.39 is 22.0 Å². The lowest BCUT2D eigenvalue weighted by molar-refractivity contribution is -0.0122. The number of amides is 3. The Kier molecular flexibility index (Phi) is 13.5. The van der Waals surface area contributed by atoms with Crippen molar-refractivity contribution in [2.45, 2.75) is 83.1 Å². The van der Waals surface area contributed by atoms with Gasteiger partial charge in [-0.25, -0.2) is 13.2 Å². The van der Waals surface area contributed by atoms with E-state index >= 15 is 0 Å². The molecule has 1 aliphatic rings. The third-order valence-corrected chi connectivity index (χ3v) is 9.28. The Hall–Kier alpha value is -3.55. The fraction of sp³-hybridized carbons (Fsp3) is 0.576. The number of hydrogen-bond acceptors (Lipinski definition) is 8. The molecule has 256 valence electrons. The second-order valence-electron chi connectivity index (χ2n) is 12.3. The fourth-order valence-corrected chi connectivity index (χ4v) is 6.18. The molecule has 3 rings (SSSR count). The number of hydrogen-bond donors (Lipinski definition) is 3. The first-order valence-electron chi connectivity index (χ1n) is 15.8.